The van der Waals surface area contributed by atoms with Crippen molar-refractivity contribution in [3.63, 3.8) is 0 Å². The van der Waals surface area contributed by atoms with Gasteiger partial charge in [0.1, 0.15) is 17.5 Å². The molecule has 0 spiro atoms. The Hall–Kier alpha value is -4.91. The van der Waals surface area contributed by atoms with Crippen molar-refractivity contribution in [1.82, 2.24) is 10.2 Å². The fourth-order valence-corrected chi connectivity index (χ4v) is 6.14. The number of hydrogen-bond acceptors (Lipinski definition) is 4. The first-order valence-electron chi connectivity index (χ1n) is 16.6. The van der Waals surface area contributed by atoms with Crippen LogP contribution in [0.3, 0.4) is 0 Å². The number of amides is 2. The van der Waals surface area contributed by atoms with Crippen LogP contribution >= 0.6 is 0 Å². The second-order valence-corrected chi connectivity index (χ2v) is 14.9. The molecule has 0 fully saturated rings. The Labute approximate surface area is 284 Å². The zero-order valence-corrected chi connectivity index (χ0v) is 28.7. The smallest absolute Gasteiger partial charge is 0.305 e. The number of carbonyl (C=O) groups is 3. The minimum atomic E-state index is -1.04. The zero-order chi connectivity index (χ0) is 34.6. The summed E-state index contributed by atoms with van der Waals surface area (Å²) in [4.78, 5) is 41.8. The van der Waals surface area contributed by atoms with Crippen molar-refractivity contribution >= 4 is 17.8 Å². The van der Waals surface area contributed by atoms with Gasteiger partial charge in [0.15, 0.2) is 0 Å². The van der Waals surface area contributed by atoms with Crippen molar-refractivity contribution in [3.8, 4) is 22.6 Å². The summed E-state index contributed by atoms with van der Waals surface area (Å²) < 4.78 is 6.25. The van der Waals surface area contributed by atoms with Crippen LogP contribution in [0.1, 0.15) is 88.7 Å². The number of fused-ring (bicyclic) bond motifs is 1. The predicted octanol–water partition coefficient (Wildman–Crippen LogP) is 8.64. The molecule has 2 N–H and O–H groups in total. The molecule has 0 aliphatic carbocycles. The van der Waals surface area contributed by atoms with Gasteiger partial charge in [-0.25, -0.2) is 0 Å². The molecule has 0 saturated carbocycles. The van der Waals surface area contributed by atoms with E-state index in [9.17, 15) is 19.5 Å². The second-order valence-electron chi connectivity index (χ2n) is 14.9. The number of aliphatic carboxylic acids is 1. The molecule has 1 aliphatic heterocycles. The maximum Gasteiger partial charge on any atom is 0.305 e. The highest BCUT2D eigenvalue weighted by molar-refractivity contribution is 5.90. The molecular weight excluding hydrogens is 600 g/mol. The number of hydrogen-bond donors (Lipinski definition) is 2. The molecule has 2 atom stereocenters. The van der Waals surface area contributed by atoms with Gasteiger partial charge >= 0.3 is 5.97 Å². The summed E-state index contributed by atoms with van der Waals surface area (Å²) in [6, 6.07) is 29.4. The van der Waals surface area contributed by atoms with Gasteiger partial charge in [-0.15, -0.1) is 0 Å². The van der Waals surface area contributed by atoms with E-state index in [-0.39, 0.29) is 29.6 Å². The molecule has 2 amide bonds. The van der Waals surface area contributed by atoms with Crippen LogP contribution in [0.15, 0.2) is 97.1 Å². The SMILES string of the molecule is CC(C)(C)CC(=O)N1CCc2ccc(Oc3ccc(C(C)(C)C)cc3)cc2C1C(=O)NC(CC(=O)O)c1ccc(-c2ccccc2)cc1. The molecule has 0 saturated heterocycles. The molecule has 0 bridgehead atoms. The highest BCUT2D eigenvalue weighted by Crippen LogP contribution is 2.37. The van der Waals surface area contributed by atoms with Gasteiger partial charge in [0, 0.05) is 13.0 Å². The highest BCUT2D eigenvalue weighted by Gasteiger charge is 2.38. The number of carboxylic acids is 1. The summed E-state index contributed by atoms with van der Waals surface area (Å²) in [6.07, 6.45) is 0.552. The van der Waals surface area contributed by atoms with Crippen LogP contribution in [0.2, 0.25) is 0 Å². The van der Waals surface area contributed by atoms with E-state index in [2.05, 4.69) is 26.1 Å². The number of carboxylic acid groups (broad SMARTS) is 1. The first-order valence-corrected chi connectivity index (χ1v) is 16.6. The van der Waals surface area contributed by atoms with E-state index in [1.54, 1.807) is 4.90 Å². The Morgan fingerprint density at radius 2 is 1.46 bits per heavy atom. The molecule has 250 valence electrons. The number of ether oxygens (including phenoxy) is 1. The summed E-state index contributed by atoms with van der Waals surface area (Å²) in [7, 11) is 0. The summed E-state index contributed by atoms with van der Waals surface area (Å²) >= 11 is 0. The molecule has 4 aromatic carbocycles. The molecule has 2 unspecified atom stereocenters. The lowest BCUT2D eigenvalue weighted by molar-refractivity contribution is -0.144. The lowest BCUT2D eigenvalue weighted by Crippen LogP contribution is -2.48. The molecular formula is C41H46N2O5. The number of nitrogens with zero attached hydrogens (tertiary/aromatic N) is 1. The summed E-state index contributed by atoms with van der Waals surface area (Å²) in [5.41, 5.74) is 5.25. The summed E-state index contributed by atoms with van der Waals surface area (Å²) in [5, 5.41) is 12.8. The average molecular weight is 647 g/mol. The van der Waals surface area contributed by atoms with E-state index in [0.29, 0.717) is 35.6 Å². The largest absolute Gasteiger partial charge is 0.481 e. The quantitative estimate of drug-likeness (QED) is 0.190. The van der Waals surface area contributed by atoms with Gasteiger partial charge in [-0.1, -0.05) is 114 Å². The Kier molecular flexibility index (Phi) is 10.1. The third kappa shape index (κ3) is 8.51. The van der Waals surface area contributed by atoms with Crippen LogP contribution in [0.25, 0.3) is 11.1 Å². The van der Waals surface area contributed by atoms with Crippen molar-refractivity contribution in [3.05, 3.63) is 119 Å². The molecule has 7 heteroatoms. The topological polar surface area (TPSA) is 95.9 Å². The zero-order valence-electron chi connectivity index (χ0n) is 28.7. The van der Waals surface area contributed by atoms with Crippen LogP contribution in [-0.4, -0.2) is 34.3 Å². The van der Waals surface area contributed by atoms with Crippen LogP contribution < -0.4 is 10.1 Å². The maximum atomic E-state index is 14.4. The molecule has 5 rings (SSSR count). The molecule has 1 aliphatic rings. The van der Waals surface area contributed by atoms with E-state index in [1.807, 2.05) is 118 Å². The van der Waals surface area contributed by atoms with E-state index in [4.69, 9.17) is 4.74 Å². The van der Waals surface area contributed by atoms with E-state index in [0.717, 1.165) is 16.7 Å². The van der Waals surface area contributed by atoms with E-state index < -0.39 is 24.0 Å². The van der Waals surface area contributed by atoms with Crippen molar-refractivity contribution in [2.75, 3.05) is 6.54 Å². The van der Waals surface area contributed by atoms with Crippen molar-refractivity contribution in [2.24, 2.45) is 5.41 Å². The molecule has 4 aromatic rings. The average Bonchev–Trinajstić information content (AvgIpc) is 3.03. The van der Waals surface area contributed by atoms with Crippen molar-refractivity contribution < 1.29 is 24.2 Å². The number of nitrogens with one attached hydrogen (secondary N) is 1. The van der Waals surface area contributed by atoms with Gasteiger partial charge in [-0.05, 0) is 74.9 Å². The van der Waals surface area contributed by atoms with Crippen molar-refractivity contribution in [2.45, 2.75) is 78.3 Å². The van der Waals surface area contributed by atoms with Gasteiger partial charge in [0.25, 0.3) is 0 Å². The Morgan fingerprint density at radius 3 is 2.06 bits per heavy atom. The fourth-order valence-electron chi connectivity index (χ4n) is 6.14. The molecule has 0 aromatic heterocycles. The monoisotopic (exact) mass is 646 g/mol. The third-order valence-corrected chi connectivity index (χ3v) is 8.67. The van der Waals surface area contributed by atoms with Crippen molar-refractivity contribution in [1.29, 1.82) is 0 Å². The molecule has 1 heterocycles. The Bertz CT molecular complexity index is 1750. The summed E-state index contributed by atoms with van der Waals surface area (Å²) in [6.45, 7) is 12.8. The number of benzene rings is 4. The Balaban J connectivity index is 1.47. The van der Waals surface area contributed by atoms with Crippen LogP contribution in [-0.2, 0) is 26.2 Å². The van der Waals surface area contributed by atoms with E-state index >= 15 is 0 Å². The normalized spacial score (nSPS) is 15.3. The Morgan fingerprint density at radius 1 is 0.833 bits per heavy atom. The molecule has 0 radical (unpaired) electrons. The predicted molar refractivity (Wildman–Crippen MR) is 189 cm³/mol. The minimum Gasteiger partial charge on any atom is -0.481 e. The van der Waals surface area contributed by atoms with Gasteiger partial charge in [-0.3, -0.25) is 14.4 Å². The highest BCUT2D eigenvalue weighted by atomic mass is 16.5. The van der Waals surface area contributed by atoms with Gasteiger partial charge in [0.05, 0.1) is 12.5 Å². The van der Waals surface area contributed by atoms with E-state index in [1.165, 1.54) is 5.56 Å². The maximum absolute atomic E-state index is 14.4. The molecule has 7 nitrogen and oxygen atoms in total. The number of carbonyl (C=O) groups excluding carboxylic acids is 2. The van der Waals surface area contributed by atoms with Gasteiger partial charge < -0.3 is 20.1 Å². The van der Waals surface area contributed by atoms with Crippen LogP contribution in [0.4, 0.5) is 0 Å². The lowest BCUT2D eigenvalue weighted by Gasteiger charge is -2.38. The van der Waals surface area contributed by atoms with Gasteiger partial charge in [-0.2, -0.15) is 0 Å². The first-order chi connectivity index (χ1) is 22.7. The van der Waals surface area contributed by atoms with Crippen LogP contribution in [0, 0.1) is 5.41 Å². The standard InChI is InChI=1S/C41H46N2O5/c1-40(2,3)26-36(44)43-23-22-29-16-19-33(48-32-20-17-31(18-21-32)41(4,5)6)24-34(29)38(43)39(47)42-35(25-37(45)46)30-14-12-28(13-15-30)27-10-8-7-9-11-27/h7-21,24,35,38H,22-23,25-26H2,1-6H3,(H,42,47)(H,45,46). The molecule has 48 heavy (non-hydrogen) atoms. The number of rotatable bonds is 9. The fraction of sp³-hybridized carbons (Fsp3) is 0.341. The minimum absolute atomic E-state index is 0.0103. The first kappa shape index (κ1) is 34.4. The third-order valence-electron chi connectivity index (χ3n) is 8.67. The lowest BCUT2D eigenvalue weighted by atomic mass is 9.87. The van der Waals surface area contributed by atoms with Crippen LogP contribution in [0.5, 0.6) is 11.5 Å². The summed E-state index contributed by atoms with van der Waals surface area (Å²) in [5.74, 6) is -0.368. The van der Waals surface area contributed by atoms with Gasteiger partial charge in [0.2, 0.25) is 11.8 Å². The second kappa shape index (κ2) is 14.1.